The highest BCUT2D eigenvalue weighted by Gasteiger charge is 2.40. The van der Waals surface area contributed by atoms with E-state index in [1.54, 1.807) is 41.4 Å². The average molecular weight is 647 g/mol. The van der Waals surface area contributed by atoms with E-state index in [0.29, 0.717) is 41.1 Å². The number of amides is 3. The van der Waals surface area contributed by atoms with Gasteiger partial charge in [-0.1, -0.05) is 6.07 Å². The third-order valence-electron chi connectivity index (χ3n) is 9.10. The molecule has 2 aromatic heterocycles. The molecule has 3 aliphatic rings. The molecule has 0 spiro atoms. The topological polar surface area (TPSA) is 109 Å². The Morgan fingerprint density at radius 3 is 2.43 bits per heavy atom. The lowest BCUT2D eigenvalue weighted by molar-refractivity contribution is -0.144. The molecule has 2 atom stereocenters. The van der Waals surface area contributed by atoms with Crippen molar-refractivity contribution in [3.05, 3.63) is 59.5 Å². The molecule has 3 aromatic rings. The average Bonchev–Trinajstić information content (AvgIpc) is 3.62. The van der Waals surface area contributed by atoms with Crippen LogP contribution in [0, 0.1) is 11.8 Å². The molecule has 0 bridgehead atoms. The van der Waals surface area contributed by atoms with Crippen molar-refractivity contribution < 1.29 is 36.3 Å². The Kier molecular flexibility index (Phi) is 8.73. The van der Waals surface area contributed by atoms with Crippen LogP contribution in [0.3, 0.4) is 0 Å². The number of carbonyl (C=O) groups excluding carboxylic acids is 3. The van der Waals surface area contributed by atoms with Gasteiger partial charge in [-0.05, 0) is 73.8 Å². The van der Waals surface area contributed by atoms with Gasteiger partial charge in [0.05, 0.1) is 36.6 Å². The third-order valence-corrected chi connectivity index (χ3v) is 9.10. The minimum absolute atomic E-state index is 0.0139. The van der Waals surface area contributed by atoms with E-state index < -0.39 is 48.8 Å². The molecule has 1 saturated heterocycles. The highest BCUT2D eigenvalue weighted by atomic mass is 19.4. The van der Waals surface area contributed by atoms with Crippen LogP contribution in [-0.4, -0.2) is 51.0 Å². The second-order valence-electron chi connectivity index (χ2n) is 12.6. The lowest BCUT2D eigenvalue weighted by atomic mass is 9.81. The molecule has 3 fully saturated rings. The third kappa shape index (κ3) is 7.47. The van der Waals surface area contributed by atoms with Gasteiger partial charge in [0.15, 0.2) is 5.65 Å². The van der Waals surface area contributed by atoms with Gasteiger partial charge in [-0.3, -0.25) is 14.4 Å². The highest BCUT2D eigenvalue weighted by molar-refractivity contribution is 5.99. The highest BCUT2D eigenvalue weighted by Crippen LogP contribution is 2.43. The monoisotopic (exact) mass is 646 g/mol. The number of hydrogen-bond donors (Lipinski definition) is 2. The molecule has 1 unspecified atom stereocenters. The van der Waals surface area contributed by atoms with Crippen molar-refractivity contribution >= 4 is 29.1 Å². The summed E-state index contributed by atoms with van der Waals surface area (Å²) in [5.41, 5.74) is 2.35. The smallest absolute Gasteiger partial charge is 0.349 e. The summed E-state index contributed by atoms with van der Waals surface area (Å²) < 4.78 is 67.7. The number of imidazole rings is 1. The molecule has 2 aliphatic carbocycles. The van der Waals surface area contributed by atoms with Crippen molar-refractivity contribution in [3.8, 4) is 0 Å². The number of nitrogens with zero attached hydrogens (tertiary/aromatic N) is 4. The zero-order valence-electron chi connectivity index (χ0n) is 25.0. The number of halogens is 5. The molecule has 2 N–H and O–H groups in total. The minimum atomic E-state index is -4.44. The molecule has 14 heteroatoms. The van der Waals surface area contributed by atoms with Gasteiger partial charge < -0.3 is 15.5 Å². The summed E-state index contributed by atoms with van der Waals surface area (Å²) in [5, 5.41) is 10.2. The van der Waals surface area contributed by atoms with Crippen LogP contribution >= 0.6 is 0 Å². The summed E-state index contributed by atoms with van der Waals surface area (Å²) in [6.07, 6.45) is -0.657. The molecule has 3 amide bonds. The maximum atomic E-state index is 14.1. The normalized spacial score (nSPS) is 20.1. The van der Waals surface area contributed by atoms with Gasteiger partial charge in [-0.15, -0.1) is 0 Å². The first kappa shape index (κ1) is 31.9. The van der Waals surface area contributed by atoms with Gasteiger partial charge in [0.25, 0.3) is 5.91 Å². The Morgan fingerprint density at radius 1 is 1.02 bits per heavy atom. The number of rotatable bonds is 10. The summed E-state index contributed by atoms with van der Waals surface area (Å²) in [6.45, 7) is 0.567. The van der Waals surface area contributed by atoms with E-state index in [9.17, 15) is 36.3 Å². The molecule has 0 radical (unpaired) electrons. The van der Waals surface area contributed by atoms with Gasteiger partial charge in [0.2, 0.25) is 17.7 Å². The fourth-order valence-corrected chi connectivity index (χ4v) is 6.42. The van der Waals surface area contributed by atoms with Gasteiger partial charge in [0, 0.05) is 43.5 Å². The van der Waals surface area contributed by atoms with Crippen LogP contribution in [0.25, 0.3) is 5.65 Å². The number of alkyl halides is 5. The molecule has 46 heavy (non-hydrogen) atoms. The first-order valence-electron chi connectivity index (χ1n) is 15.7. The lowest BCUT2D eigenvalue weighted by Gasteiger charge is -2.33. The summed E-state index contributed by atoms with van der Waals surface area (Å²) >= 11 is 0. The van der Waals surface area contributed by atoms with E-state index in [2.05, 4.69) is 15.7 Å². The summed E-state index contributed by atoms with van der Waals surface area (Å²) in [7, 11) is 0. The molecular formula is C32H35F5N6O3. The van der Waals surface area contributed by atoms with Crippen LogP contribution in [0.1, 0.15) is 97.9 Å². The second-order valence-corrected chi connectivity index (χ2v) is 12.6. The van der Waals surface area contributed by atoms with Crippen LogP contribution in [0.4, 0.5) is 27.6 Å². The Labute approximate surface area is 261 Å². The van der Waals surface area contributed by atoms with E-state index in [-0.39, 0.29) is 43.4 Å². The maximum Gasteiger partial charge on any atom is 0.389 e. The molecule has 2 saturated carbocycles. The van der Waals surface area contributed by atoms with Crippen LogP contribution in [0.5, 0.6) is 0 Å². The first-order chi connectivity index (χ1) is 21.8. The van der Waals surface area contributed by atoms with Crippen LogP contribution in [0.2, 0.25) is 0 Å². The first-order valence-corrected chi connectivity index (χ1v) is 15.7. The standard InChI is InChI=1S/C32H35F5N6O3/c33-31(34)11-8-20(9-12-31)29(41-30(46)21-3-1-4-23(15-21)42-14-2-5-27(42)45)24-18-43-25(39-24)16-22(17-38-43)28(19-6-7-19)40-26(44)10-13-32(35,36)37/h1,3-4,15-20,28-29H,2,5-14H2,(H,40,44)(H,41,46)/t28?,29-/m0/s1. The van der Waals surface area contributed by atoms with Crippen LogP contribution < -0.4 is 15.5 Å². The Balaban J connectivity index is 1.25. The fourth-order valence-electron chi connectivity index (χ4n) is 6.42. The van der Waals surface area contributed by atoms with Crippen LogP contribution in [0.15, 0.2) is 42.7 Å². The van der Waals surface area contributed by atoms with E-state index in [4.69, 9.17) is 4.98 Å². The fraction of sp³-hybridized carbons (Fsp3) is 0.531. The SMILES string of the molecule is O=C(CCC(F)(F)F)NC(c1cnn2cc([C@@H](NC(=O)c3cccc(N4CCCC4=O)c3)C3CCC(F)(F)CC3)nc2c1)C1CC1. The van der Waals surface area contributed by atoms with Gasteiger partial charge in [0.1, 0.15) is 0 Å². The van der Waals surface area contributed by atoms with Crippen molar-refractivity contribution in [1.29, 1.82) is 0 Å². The Hall–Kier alpha value is -4.10. The van der Waals surface area contributed by atoms with Crippen molar-refractivity contribution in [2.45, 2.75) is 88.4 Å². The number of carbonyl (C=O) groups is 3. The van der Waals surface area contributed by atoms with Crippen molar-refractivity contribution in [1.82, 2.24) is 25.2 Å². The number of aromatic nitrogens is 3. The van der Waals surface area contributed by atoms with E-state index in [1.807, 2.05) is 0 Å². The molecule has 1 aromatic carbocycles. The Morgan fingerprint density at radius 2 is 1.76 bits per heavy atom. The second kappa shape index (κ2) is 12.6. The predicted molar refractivity (Wildman–Crippen MR) is 157 cm³/mol. The molecule has 3 heterocycles. The minimum Gasteiger partial charge on any atom is -0.349 e. The van der Waals surface area contributed by atoms with Gasteiger partial charge in [-0.25, -0.2) is 18.3 Å². The molecule has 9 nitrogen and oxygen atoms in total. The quantitative estimate of drug-likeness (QED) is 0.260. The zero-order valence-corrected chi connectivity index (χ0v) is 25.0. The van der Waals surface area contributed by atoms with E-state index in [1.165, 1.54) is 10.7 Å². The van der Waals surface area contributed by atoms with Crippen molar-refractivity contribution in [2.24, 2.45) is 11.8 Å². The molecular weight excluding hydrogens is 611 g/mol. The number of nitrogens with one attached hydrogen (secondary N) is 2. The van der Waals surface area contributed by atoms with Crippen molar-refractivity contribution in [2.75, 3.05) is 11.4 Å². The largest absolute Gasteiger partial charge is 0.389 e. The van der Waals surface area contributed by atoms with Crippen molar-refractivity contribution in [3.63, 3.8) is 0 Å². The maximum absolute atomic E-state index is 14.1. The van der Waals surface area contributed by atoms with Crippen LogP contribution in [-0.2, 0) is 9.59 Å². The number of anilines is 1. The summed E-state index contributed by atoms with van der Waals surface area (Å²) in [6, 6.07) is 7.19. The number of benzene rings is 1. The van der Waals surface area contributed by atoms with E-state index in [0.717, 1.165) is 19.3 Å². The molecule has 246 valence electrons. The molecule has 6 rings (SSSR count). The zero-order chi connectivity index (χ0) is 32.6. The Bertz CT molecular complexity index is 1610. The summed E-state index contributed by atoms with van der Waals surface area (Å²) in [4.78, 5) is 44.6. The van der Waals surface area contributed by atoms with E-state index >= 15 is 0 Å². The predicted octanol–water partition coefficient (Wildman–Crippen LogP) is 6.06. The lowest BCUT2D eigenvalue weighted by Crippen LogP contribution is -2.37. The molecule has 1 aliphatic heterocycles. The summed E-state index contributed by atoms with van der Waals surface area (Å²) in [5.74, 6) is -4.19. The number of fused-ring (bicyclic) bond motifs is 1. The number of hydrogen-bond acceptors (Lipinski definition) is 5. The van der Waals surface area contributed by atoms with Gasteiger partial charge in [-0.2, -0.15) is 18.3 Å². The van der Waals surface area contributed by atoms with Gasteiger partial charge >= 0.3 is 6.18 Å².